The first-order chi connectivity index (χ1) is 7.68. The predicted molar refractivity (Wildman–Crippen MR) is 68.6 cm³/mol. The monoisotopic (exact) mass is 218 g/mol. The molecule has 2 nitrogen and oxygen atoms in total. The SMILES string of the molecule is Cc1ccccc1C(C)N1CCNC(C)C1. The van der Waals surface area contributed by atoms with E-state index in [0.717, 1.165) is 19.6 Å². The second kappa shape index (κ2) is 4.98. The zero-order valence-electron chi connectivity index (χ0n) is 10.5. The zero-order chi connectivity index (χ0) is 11.5. The van der Waals surface area contributed by atoms with Gasteiger partial charge in [-0.05, 0) is 31.9 Å². The Morgan fingerprint density at radius 1 is 1.38 bits per heavy atom. The molecule has 0 radical (unpaired) electrons. The number of hydrogen-bond donors (Lipinski definition) is 1. The number of piperazine rings is 1. The van der Waals surface area contributed by atoms with E-state index in [9.17, 15) is 0 Å². The Morgan fingerprint density at radius 2 is 2.12 bits per heavy atom. The van der Waals surface area contributed by atoms with Gasteiger partial charge in [-0.1, -0.05) is 24.3 Å². The fourth-order valence-electron chi connectivity index (χ4n) is 2.57. The van der Waals surface area contributed by atoms with Gasteiger partial charge in [-0.2, -0.15) is 0 Å². The average Bonchev–Trinajstić information content (AvgIpc) is 2.29. The van der Waals surface area contributed by atoms with Crippen LogP contribution in [0.15, 0.2) is 24.3 Å². The van der Waals surface area contributed by atoms with Crippen molar-refractivity contribution < 1.29 is 0 Å². The maximum Gasteiger partial charge on any atom is 0.0323 e. The zero-order valence-corrected chi connectivity index (χ0v) is 10.5. The number of hydrogen-bond acceptors (Lipinski definition) is 2. The van der Waals surface area contributed by atoms with Crippen LogP contribution in [0.5, 0.6) is 0 Å². The highest BCUT2D eigenvalue weighted by Crippen LogP contribution is 2.23. The van der Waals surface area contributed by atoms with E-state index in [1.165, 1.54) is 11.1 Å². The van der Waals surface area contributed by atoms with Crippen molar-refractivity contribution in [2.45, 2.75) is 32.9 Å². The lowest BCUT2D eigenvalue weighted by molar-refractivity contribution is 0.158. The molecule has 0 aliphatic carbocycles. The van der Waals surface area contributed by atoms with Gasteiger partial charge in [0.05, 0.1) is 0 Å². The van der Waals surface area contributed by atoms with Crippen molar-refractivity contribution in [3.63, 3.8) is 0 Å². The molecule has 88 valence electrons. The molecule has 2 unspecified atom stereocenters. The van der Waals surface area contributed by atoms with E-state index in [1.807, 2.05) is 0 Å². The minimum Gasteiger partial charge on any atom is -0.312 e. The summed E-state index contributed by atoms with van der Waals surface area (Å²) in [4.78, 5) is 2.57. The summed E-state index contributed by atoms with van der Waals surface area (Å²) in [5.41, 5.74) is 2.87. The van der Waals surface area contributed by atoms with E-state index >= 15 is 0 Å². The van der Waals surface area contributed by atoms with Crippen molar-refractivity contribution in [3.05, 3.63) is 35.4 Å². The highest BCUT2D eigenvalue weighted by atomic mass is 15.2. The molecule has 1 heterocycles. The Labute approximate surface area is 98.7 Å². The van der Waals surface area contributed by atoms with Gasteiger partial charge in [0, 0.05) is 31.7 Å². The van der Waals surface area contributed by atoms with Crippen molar-refractivity contribution in [1.82, 2.24) is 10.2 Å². The summed E-state index contributed by atoms with van der Waals surface area (Å²) in [7, 11) is 0. The average molecular weight is 218 g/mol. The van der Waals surface area contributed by atoms with Crippen molar-refractivity contribution in [2.75, 3.05) is 19.6 Å². The molecule has 1 aromatic rings. The molecule has 0 spiro atoms. The van der Waals surface area contributed by atoms with Gasteiger partial charge in [0.1, 0.15) is 0 Å². The third kappa shape index (κ3) is 2.45. The molecule has 1 aliphatic heterocycles. The van der Waals surface area contributed by atoms with E-state index in [2.05, 4.69) is 55.3 Å². The number of nitrogens with one attached hydrogen (secondary N) is 1. The molecule has 16 heavy (non-hydrogen) atoms. The van der Waals surface area contributed by atoms with Crippen molar-refractivity contribution >= 4 is 0 Å². The van der Waals surface area contributed by atoms with Crippen molar-refractivity contribution in [2.24, 2.45) is 0 Å². The summed E-state index contributed by atoms with van der Waals surface area (Å²) < 4.78 is 0. The van der Waals surface area contributed by atoms with Gasteiger partial charge in [-0.3, -0.25) is 4.90 Å². The van der Waals surface area contributed by atoms with Gasteiger partial charge < -0.3 is 5.32 Å². The van der Waals surface area contributed by atoms with Gasteiger partial charge >= 0.3 is 0 Å². The van der Waals surface area contributed by atoms with Crippen LogP contribution in [0.25, 0.3) is 0 Å². The van der Waals surface area contributed by atoms with Crippen LogP contribution in [-0.4, -0.2) is 30.6 Å². The molecular formula is C14H22N2. The summed E-state index contributed by atoms with van der Waals surface area (Å²) in [5, 5.41) is 3.49. The highest BCUT2D eigenvalue weighted by molar-refractivity contribution is 5.28. The van der Waals surface area contributed by atoms with Gasteiger partial charge in [0.25, 0.3) is 0 Å². The molecule has 1 saturated heterocycles. The maximum atomic E-state index is 3.49. The van der Waals surface area contributed by atoms with Crippen LogP contribution < -0.4 is 5.32 Å². The molecule has 0 saturated carbocycles. The third-order valence-electron chi connectivity index (χ3n) is 3.59. The number of nitrogens with zero attached hydrogens (tertiary/aromatic N) is 1. The van der Waals surface area contributed by atoms with Gasteiger partial charge in [-0.25, -0.2) is 0 Å². The Hall–Kier alpha value is -0.860. The number of benzene rings is 1. The van der Waals surface area contributed by atoms with Crippen LogP contribution in [0.4, 0.5) is 0 Å². The van der Waals surface area contributed by atoms with Crippen LogP contribution >= 0.6 is 0 Å². The summed E-state index contributed by atoms with van der Waals surface area (Å²) in [5.74, 6) is 0. The molecule has 0 aromatic heterocycles. The summed E-state index contributed by atoms with van der Waals surface area (Å²) in [6.07, 6.45) is 0. The number of aryl methyl sites for hydroxylation is 1. The Kier molecular flexibility index (Phi) is 3.62. The second-order valence-electron chi connectivity index (χ2n) is 4.88. The first-order valence-corrected chi connectivity index (χ1v) is 6.21. The molecule has 0 amide bonds. The molecule has 2 heteroatoms. The minimum absolute atomic E-state index is 0.533. The van der Waals surface area contributed by atoms with E-state index in [4.69, 9.17) is 0 Å². The smallest absolute Gasteiger partial charge is 0.0323 e. The summed E-state index contributed by atoms with van der Waals surface area (Å²) in [6, 6.07) is 9.87. The standard InChI is InChI=1S/C14H22N2/c1-11-6-4-5-7-14(11)13(3)16-9-8-15-12(2)10-16/h4-7,12-13,15H,8-10H2,1-3H3. The van der Waals surface area contributed by atoms with E-state index < -0.39 is 0 Å². The summed E-state index contributed by atoms with van der Waals surface area (Å²) in [6.45, 7) is 10.2. The minimum atomic E-state index is 0.533. The topological polar surface area (TPSA) is 15.3 Å². The van der Waals surface area contributed by atoms with Gasteiger partial charge in [0.2, 0.25) is 0 Å². The summed E-state index contributed by atoms with van der Waals surface area (Å²) >= 11 is 0. The largest absolute Gasteiger partial charge is 0.312 e. The van der Waals surface area contributed by atoms with Crippen LogP contribution in [0.1, 0.15) is 31.0 Å². The normalized spacial score (nSPS) is 24.3. The maximum absolute atomic E-state index is 3.49. The van der Waals surface area contributed by atoms with E-state index in [0.29, 0.717) is 12.1 Å². The lowest BCUT2D eigenvalue weighted by Crippen LogP contribution is -2.49. The molecule has 2 rings (SSSR count). The molecule has 1 N–H and O–H groups in total. The lowest BCUT2D eigenvalue weighted by atomic mass is 10.0. The van der Waals surface area contributed by atoms with Crippen LogP contribution in [0.3, 0.4) is 0 Å². The van der Waals surface area contributed by atoms with Crippen LogP contribution in [-0.2, 0) is 0 Å². The first-order valence-electron chi connectivity index (χ1n) is 6.21. The molecular weight excluding hydrogens is 196 g/mol. The van der Waals surface area contributed by atoms with Gasteiger partial charge in [0.15, 0.2) is 0 Å². The van der Waals surface area contributed by atoms with E-state index in [1.54, 1.807) is 0 Å². The molecule has 2 atom stereocenters. The highest BCUT2D eigenvalue weighted by Gasteiger charge is 2.21. The van der Waals surface area contributed by atoms with Crippen LogP contribution in [0.2, 0.25) is 0 Å². The van der Waals surface area contributed by atoms with E-state index in [-0.39, 0.29) is 0 Å². The fourth-order valence-corrected chi connectivity index (χ4v) is 2.57. The second-order valence-corrected chi connectivity index (χ2v) is 4.88. The predicted octanol–water partition coefficient (Wildman–Crippen LogP) is 2.35. The lowest BCUT2D eigenvalue weighted by Gasteiger charge is -2.36. The Balaban J connectivity index is 2.12. The van der Waals surface area contributed by atoms with Crippen LogP contribution in [0, 0.1) is 6.92 Å². The van der Waals surface area contributed by atoms with Gasteiger partial charge in [-0.15, -0.1) is 0 Å². The first kappa shape index (κ1) is 11.6. The van der Waals surface area contributed by atoms with Crippen molar-refractivity contribution in [3.8, 4) is 0 Å². The third-order valence-corrected chi connectivity index (χ3v) is 3.59. The number of rotatable bonds is 2. The Morgan fingerprint density at radius 3 is 2.81 bits per heavy atom. The Bertz CT molecular complexity index is 348. The molecule has 0 bridgehead atoms. The molecule has 1 fully saturated rings. The quantitative estimate of drug-likeness (QED) is 0.819. The fraction of sp³-hybridized carbons (Fsp3) is 0.571. The van der Waals surface area contributed by atoms with Crippen molar-refractivity contribution in [1.29, 1.82) is 0 Å². The molecule has 1 aromatic carbocycles. The molecule has 1 aliphatic rings.